The van der Waals surface area contributed by atoms with Crippen LogP contribution < -0.4 is 19.7 Å². The van der Waals surface area contributed by atoms with E-state index in [-0.39, 0.29) is 48.6 Å². The number of rotatable bonds is 9. The molecule has 3 aromatic heterocycles. The third kappa shape index (κ3) is 5.01. The highest BCUT2D eigenvalue weighted by Crippen LogP contribution is 2.38. The first-order valence-corrected chi connectivity index (χ1v) is 12.1. The molecule has 5 rings (SSSR count). The standard InChI is InChI=1S/C24H28N8O4/c1-26-23(34)19-10-20(29-24(28-19)36-13-16-8-15(16)11-25)32-4-2-14(3-5-32)21-18-9-17(35-7-6-33)12-27-22(18)31-30-21/h9-10,12,14-16,33H,2-8,13H2,1H3,(H,26,34)(H,27,30,31)/t15?,16-/m1/s1. The van der Waals surface area contributed by atoms with Gasteiger partial charge in [0.15, 0.2) is 5.65 Å². The number of amides is 1. The molecule has 0 spiro atoms. The Morgan fingerprint density at radius 3 is 2.86 bits per heavy atom. The van der Waals surface area contributed by atoms with Crippen LogP contribution in [0.25, 0.3) is 11.0 Å². The summed E-state index contributed by atoms with van der Waals surface area (Å²) in [6.07, 6.45) is 4.12. The molecule has 188 valence electrons. The number of fused-ring (bicyclic) bond motifs is 1. The topological polar surface area (TPSA) is 162 Å². The molecular formula is C24H28N8O4. The molecule has 3 aromatic rings. The molecule has 0 bridgehead atoms. The van der Waals surface area contributed by atoms with Crippen LogP contribution in [0, 0.1) is 23.2 Å². The first-order chi connectivity index (χ1) is 17.6. The van der Waals surface area contributed by atoms with Crippen molar-refractivity contribution in [2.24, 2.45) is 11.8 Å². The van der Waals surface area contributed by atoms with Gasteiger partial charge < -0.3 is 24.8 Å². The van der Waals surface area contributed by atoms with Crippen LogP contribution in [0.2, 0.25) is 0 Å². The first kappa shape index (κ1) is 23.7. The van der Waals surface area contributed by atoms with Gasteiger partial charge >= 0.3 is 6.01 Å². The molecule has 12 heteroatoms. The Morgan fingerprint density at radius 1 is 1.31 bits per heavy atom. The SMILES string of the molecule is CNC(=O)c1cc(N2CCC(c3[nH]nc4ncc(OCCO)cc34)CC2)nc(OC[C@H]2CC2C#N)n1. The number of nitriles is 1. The Hall–Kier alpha value is -3.98. The molecule has 4 heterocycles. The second-order valence-electron chi connectivity index (χ2n) is 9.03. The summed E-state index contributed by atoms with van der Waals surface area (Å²) in [6, 6.07) is 5.98. The molecule has 1 amide bonds. The highest BCUT2D eigenvalue weighted by atomic mass is 16.5. The van der Waals surface area contributed by atoms with Crippen molar-refractivity contribution in [2.75, 3.05) is 44.9 Å². The van der Waals surface area contributed by atoms with Crippen molar-refractivity contribution in [2.45, 2.75) is 25.2 Å². The number of H-pyrrole nitrogens is 1. The number of hydrogen-bond donors (Lipinski definition) is 3. The number of pyridine rings is 1. The average Bonchev–Trinajstić information content (AvgIpc) is 3.57. The molecule has 1 aliphatic heterocycles. The molecule has 2 aliphatic rings. The van der Waals surface area contributed by atoms with Crippen LogP contribution in [0.1, 0.15) is 41.4 Å². The van der Waals surface area contributed by atoms with Crippen LogP contribution in [0.3, 0.4) is 0 Å². The number of ether oxygens (including phenoxy) is 2. The predicted octanol–water partition coefficient (Wildman–Crippen LogP) is 1.40. The van der Waals surface area contributed by atoms with E-state index in [1.165, 1.54) is 0 Å². The van der Waals surface area contributed by atoms with Gasteiger partial charge in [-0.25, -0.2) is 4.98 Å². The Labute approximate surface area is 207 Å². The largest absolute Gasteiger partial charge is 0.490 e. The van der Waals surface area contributed by atoms with Gasteiger partial charge in [0.05, 0.1) is 31.4 Å². The predicted molar refractivity (Wildman–Crippen MR) is 129 cm³/mol. The summed E-state index contributed by atoms with van der Waals surface area (Å²) in [4.78, 5) is 27.6. The molecule has 12 nitrogen and oxygen atoms in total. The minimum atomic E-state index is -0.310. The molecule has 1 saturated carbocycles. The molecule has 36 heavy (non-hydrogen) atoms. The second-order valence-corrected chi connectivity index (χ2v) is 9.03. The lowest BCUT2D eigenvalue weighted by atomic mass is 9.92. The summed E-state index contributed by atoms with van der Waals surface area (Å²) in [5.74, 6) is 1.39. The average molecular weight is 493 g/mol. The third-order valence-electron chi connectivity index (χ3n) is 6.67. The zero-order valence-corrected chi connectivity index (χ0v) is 20.0. The van der Waals surface area contributed by atoms with Crippen molar-refractivity contribution in [3.05, 3.63) is 29.7 Å². The van der Waals surface area contributed by atoms with E-state index in [4.69, 9.17) is 19.8 Å². The van der Waals surface area contributed by atoms with Crippen molar-refractivity contribution in [1.29, 1.82) is 5.26 Å². The number of carbonyl (C=O) groups is 1. The van der Waals surface area contributed by atoms with Crippen LogP contribution in [0.5, 0.6) is 11.8 Å². The fourth-order valence-corrected chi connectivity index (χ4v) is 4.51. The van der Waals surface area contributed by atoms with E-state index in [9.17, 15) is 4.79 Å². The zero-order valence-electron chi connectivity index (χ0n) is 20.0. The number of aromatic nitrogens is 5. The lowest BCUT2D eigenvalue weighted by Gasteiger charge is -2.32. The van der Waals surface area contributed by atoms with Gasteiger partial charge in [0.25, 0.3) is 5.91 Å². The van der Waals surface area contributed by atoms with Crippen molar-refractivity contribution in [1.82, 2.24) is 30.5 Å². The Morgan fingerprint density at radius 2 is 2.14 bits per heavy atom. The third-order valence-corrected chi connectivity index (χ3v) is 6.67. The van der Waals surface area contributed by atoms with Crippen molar-refractivity contribution >= 4 is 22.8 Å². The minimum Gasteiger partial charge on any atom is -0.490 e. The summed E-state index contributed by atoms with van der Waals surface area (Å²) >= 11 is 0. The van der Waals surface area contributed by atoms with E-state index in [1.807, 2.05) is 6.07 Å². The number of hydrogen-bond acceptors (Lipinski definition) is 10. The van der Waals surface area contributed by atoms with Gasteiger partial charge in [-0.2, -0.15) is 20.3 Å². The molecular weight excluding hydrogens is 464 g/mol. The number of aliphatic hydroxyl groups is 1. The maximum atomic E-state index is 12.3. The van der Waals surface area contributed by atoms with Crippen LogP contribution in [-0.4, -0.2) is 76.1 Å². The smallest absolute Gasteiger partial charge is 0.319 e. The fourth-order valence-electron chi connectivity index (χ4n) is 4.51. The lowest BCUT2D eigenvalue weighted by Crippen LogP contribution is -2.34. The van der Waals surface area contributed by atoms with E-state index in [1.54, 1.807) is 19.3 Å². The molecule has 1 aliphatic carbocycles. The summed E-state index contributed by atoms with van der Waals surface area (Å²) in [5.41, 5.74) is 1.89. The highest BCUT2D eigenvalue weighted by Gasteiger charge is 2.38. The van der Waals surface area contributed by atoms with E-state index in [0.29, 0.717) is 23.8 Å². The molecule has 3 N–H and O–H groups in total. The quantitative estimate of drug-likeness (QED) is 0.398. The van der Waals surface area contributed by atoms with Crippen molar-refractivity contribution in [3.8, 4) is 17.8 Å². The summed E-state index contributed by atoms with van der Waals surface area (Å²) in [5, 5.41) is 29.0. The Bertz CT molecular complexity index is 1280. The van der Waals surface area contributed by atoms with Gasteiger partial charge in [-0.15, -0.1) is 0 Å². The van der Waals surface area contributed by atoms with Gasteiger partial charge in [0.2, 0.25) is 0 Å². The number of aromatic amines is 1. The maximum Gasteiger partial charge on any atom is 0.319 e. The molecule has 0 radical (unpaired) electrons. The lowest BCUT2D eigenvalue weighted by molar-refractivity contribution is 0.0956. The van der Waals surface area contributed by atoms with E-state index < -0.39 is 0 Å². The van der Waals surface area contributed by atoms with Crippen molar-refractivity contribution in [3.63, 3.8) is 0 Å². The number of carbonyl (C=O) groups excluding carboxylic acids is 1. The molecule has 1 saturated heterocycles. The van der Waals surface area contributed by atoms with Crippen LogP contribution in [0.15, 0.2) is 18.3 Å². The van der Waals surface area contributed by atoms with Crippen LogP contribution >= 0.6 is 0 Å². The second kappa shape index (κ2) is 10.3. The van der Waals surface area contributed by atoms with Gasteiger partial charge in [-0.05, 0) is 25.3 Å². The van der Waals surface area contributed by atoms with Crippen molar-refractivity contribution < 1.29 is 19.4 Å². The number of piperidine rings is 1. The summed E-state index contributed by atoms with van der Waals surface area (Å²) in [7, 11) is 1.56. The summed E-state index contributed by atoms with van der Waals surface area (Å²) < 4.78 is 11.3. The van der Waals surface area contributed by atoms with Crippen LogP contribution in [-0.2, 0) is 0 Å². The normalized spacial score (nSPS) is 19.6. The number of anilines is 1. The Balaban J connectivity index is 1.29. The van der Waals surface area contributed by atoms with Gasteiger partial charge in [0.1, 0.15) is 23.9 Å². The highest BCUT2D eigenvalue weighted by molar-refractivity contribution is 5.92. The molecule has 2 fully saturated rings. The summed E-state index contributed by atoms with van der Waals surface area (Å²) in [6.45, 7) is 1.96. The van der Waals surface area contributed by atoms with Gasteiger partial charge in [-0.1, -0.05) is 0 Å². The fraction of sp³-hybridized carbons (Fsp3) is 0.500. The van der Waals surface area contributed by atoms with E-state index >= 15 is 0 Å². The molecule has 1 unspecified atom stereocenters. The number of nitrogens with zero attached hydrogens (tertiary/aromatic N) is 6. The zero-order chi connectivity index (χ0) is 25.1. The monoisotopic (exact) mass is 492 g/mol. The van der Waals surface area contributed by atoms with Gasteiger partial charge in [0, 0.05) is 49.1 Å². The number of aliphatic hydroxyl groups excluding tert-OH is 1. The van der Waals surface area contributed by atoms with E-state index in [0.717, 1.165) is 43.4 Å². The van der Waals surface area contributed by atoms with E-state index in [2.05, 4.69) is 41.4 Å². The van der Waals surface area contributed by atoms with Gasteiger partial charge in [-0.3, -0.25) is 9.89 Å². The Kier molecular flexibility index (Phi) is 6.81. The first-order valence-electron chi connectivity index (χ1n) is 12.1. The molecule has 2 atom stereocenters. The minimum absolute atomic E-state index is 0.0247. The molecule has 0 aromatic carbocycles. The number of nitrogens with one attached hydrogen (secondary N) is 2. The van der Waals surface area contributed by atoms with Crippen LogP contribution in [0.4, 0.5) is 5.82 Å². The maximum absolute atomic E-state index is 12.3.